The van der Waals surface area contributed by atoms with Gasteiger partial charge in [0.05, 0.1) is 0 Å². The molecule has 92 valence electrons. The van der Waals surface area contributed by atoms with Gasteiger partial charge < -0.3 is 5.32 Å². The summed E-state index contributed by atoms with van der Waals surface area (Å²) in [4.78, 5) is 15.5. The van der Waals surface area contributed by atoms with Crippen LogP contribution in [0, 0.1) is 0 Å². The van der Waals surface area contributed by atoms with Gasteiger partial charge in [0.15, 0.2) is 0 Å². The van der Waals surface area contributed by atoms with E-state index < -0.39 is 0 Å². The number of carbonyl (C=O) groups excluding carboxylic acids is 1. The van der Waals surface area contributed by atoms with Crippen LogP contribution in [0.1, 0.15) is 25.7 Å². The Bertz CT molecular complexity index is 423. The summed E-state index contributed by atoms with van der Waals surface area (Å²) in [6.45, 7) is 0.615. The molecule has 0 aromatic carbocycles. The number of aromatic nitrogens is 3. The molecule has 0 radical (unpaired) electrons. The number of rotatable bonds is 3. The largest absolute Gasteiger partial charge is 0.334 e. The maximum absolute atomic E-state index is 11.6. The van der Waals surface area contributed by atoms with E-state index in [0.717, 1.165) is 12.8 Å². The lowest BCUT2D eigenvalue weighted by Gasteiger charge is -2.13. The third-order valence-electron chi connectivity index (χ3n) is 2.80. The smallest absolute Gasteiger partial charge is 0.321 e. The highest BCUT2D eigenvalue weighted by atomic mass is 16.2. The average molecular weight is 235 g/mol. The van der Waals surface area contributed by atoms with Crippen LogP contribution in [-0.2, 0) is 7.05 Å². The summed E-state index contributed by atoms with van der Waals surface area (Å²) in [7, 11) is 1.73. The molecule has 0 spiro atoms. The van der Waals surface area contributed by atoms with E-state index in [1.807, 2.05) is 0 Å². The molecule has 6 nitrogen and oxygen atoms in total. The molecule has 1 aliphatic rings. The first-order valence-corrected chi connectivity index (χ1v) is 5.82. The minimum Gasteiger partial charge on any atom is -0.334 e. The normalized spacial score (nSPS) is 15.2. The fourth-order valence-electron chi connectivity index (χ4n) is 1.81. The summed E-state index contributed by atoms with van der Waals surface area (Å²) >= 11 is 0. The zero-order chi connectivity index (χ0) is 12.1. The molecular weight excluding hydrogens is 218 g/mol. The highest BCUT2D eigenvalue weighted by Crippen LogP contribution is 2.16. The Labute approximate surface area is 100 Å². The van der Waals surface area contributed by atoms with Crippen molar-refractivity contribution in [2.75, 3.05) is 11.9 Å². The third kappa shape index (κ3) is 3.30. The number of aryl methyl sites for hydroxylation is 1. The predicted molar refractivity (Wildman–Crippen MR) is 64.6 cm³/mol. The molecule has 0 bridgehead atoms. The number of amides is 2. The molecule has 1 aromatic heterocycles. The lowest BCUT2D eigenvalue weighted by molar-refractivity contribution is 0.252. The molecule has 0 fully saturated rings. The summed E-state index contributed by atoms with van der Waals surface area (Å²) in [5, 5.41) is 9.33. The van der Waals surface area contributed by atoms with E-state index in [4.69, 9.17) is 0 Å². The Morgan fingerprint density at radius 2 is 2.41 bits per heavy atom. The van der Waals surface area contributed by atoms with Gasteiger partial charge in [0.2, 0.25) is 5.95 Å². The molecule has 2 N–H and O–H groups in total. The summed E-state index contributed by atoms with van der Waals surface area (Å²) in [5.74, 6) is 0.445. The van der Waals surface area contributed by atoms with Crippen LogP contribution < -0.4 is 10.6 Å². The van der Waals surface area contributed by atoms with Crippen molar-refractivity contribution < 1.29 is 4.79 Å². The standard InChI is InChI=1S/C11H17N5O/c1-16-10(13-8-14-16)15-11(17)12-7-9-5-3-2-4-6-9/h5,8H,2-4,6-7H2,1H3,(H2,12,13,14,15,17). The molecule has 1 aliphatic carbocycles. The van der Waals surface area contributed by atoms with Crippen LogP contribution in [0.3, 0.4) is 0 Å². The van der Waals surface area contributed by atoms with Crippen LogP contribution in [0.25, 0.3) is 0 Å². The molecule has 1 heterocycles. The van der Waals surface area contributed by atoms with Crippen molar-refractivity contribution in [1.29, 1.82) is 0 Å². The van der Waals surface area contributed by atoms with Crippen LogP contribution in [0.5, 0.6) is 0 Å². The van der Waals surface area contributed by atoms with Crippen LogP contribution in [0.2, 0.25) is 0 Å². The van der Waals surface area contributed by atoms with Crippen molar-refractivity contribution >= 4 is 12.0 Å². The zero-order valence-electron chi connectivity index (χ0n) is 9.94. The van der Waals surface area contributed by atoms with Crippen molar-refractivity contribution in [2.24, 2.45) is 7.05 Å². The first-order chi connectivity index (χ1) is 8.25. The fraction of sp³-hybridized carbons (Fsp3) is 0.545. The Hall–Kier alpha value is -1.85. The van der Waals surface area contributed by atoms with Gasteiger partial charge in [-0.2, -0.15) is 10.1 Å². The molecule has 1 aromatic rings. The third-order valence-corrected chi connectivity index (χ3v) is 2.80. The van der Waals surface area contributed by atoms with Gasteiger partial charge in [0.1, 0.15) is 6.33 Å². The zero-order valence-corrected chi connectivity index (χ0v) is 9.94. The molecular formula is C11H17N5O. The topological polar surface area (TPSA) is 71.8 Å². The predicted octanol–water partition coefficient (Wildman–Crippen LogP) is 1.44. The summed E-state index contributed by atoms with van der Waals surface area (Å²) in [5.41, 5.74) is 1.31. The number of nitrogens with zero attached hydrogens (tertiary/aromatic N) is 3. The second-order valence-corrected chi connectivity index (χ2v) is 4.12. The van der Waals surface area contributed by atoms with Gasteiger partial charge in [0, 0.05) is 13.6 Å². The number of urea groups is 1. The minimum absolute atomic E-state index is 0.243. The van der Waals surface area contributed by atoms with E-state index in [2.05, 4.69) is 26.8 Å². The minimum atomic E-state index is -0.243. The molecule has 0 saturated carbocycles. The van der Waals surface area contributed by atoms with Crippen LogP contribution >= 0.6 is 0 Å². The van der Waals surface area contributed by atoms with Gasteiger partial charge in [-0.3, -0.25) is 5.32 Å². The first kappa shape index (κ1) is 11.6. The molecule has 0 aliphatic heterocycles. The van der Waals surface area contributed by atoms with Gasteiger partial charge in [-0.15, -0.1) is 0 Å². The number of hydrogen-bond donors (Lipinski definition) is 2. The van der Waals surface area contributed by atoms with Gasteiger partial charge in [0.25, 0.3) is 0 Å². The van der Waals surface area contributed by atoms with Crippen LogP contribution in [0.15, 0.2) is 18.0 Å². The van der Waals surface area contributed by atoms with Crippen LogP contribution in [0.4, 0.5) is 10.7 Å². The maximum Gasteiger partial charge on any atom is 0.321 e. The molecule has 2 rings (SSSR count). The van der Waals surface area contributed by atoms with Crippen LogP contribution in [-0.4, -0.2) is 27.3 Å². The van der Waals surface area contributed by atoms with E-state index >= 15 is 0 Å². The van der Waals surface area contributed by atoms with E-state index in [1.54, 1.807) is 7.05 Å². The van der Waals surface area contributed by atoms with E-state index in [0.29, 0.717) is 12.5 Å². The second kappa shape index (κ2) is 5.47. The lowest BCUT2D eigenvalue weighted by Crippen LogP contribution is -2.31. The highest BCUT2D eigenvalue weighted by molar-refractivity contribution is 5.87. The Balaban J connectivity index is 1.78. The quantitative estimate of drug-likeness (QED) is 0.779. The molecule has 17 heavy (non-hydrogen) atoms. The molecule has 2 amide bonds. The number of hydrogen-bond acceptors (Lipinski definition) is 3. The second-order valence-electron chi connectivity index (χ2n) is 4.12. The van der Waals surface area contributed by atoms with Gasteiger partial charge in [-0.05, 0) is 25.7 Å². The Morgan fingerprint density at radius 1 is 1.53 bits per heavy atom. The lowest BCUT2D eigenvalue weighted by atomic mass is 10.00. The fourth-order valence-corrected chi connectivity index (χ4v) is 1.81. The Morgan fingerprint density at radius 3 is 3.06 bits per heavy atom. The monoisotopic (exact) mass is 235 g/mol. The SMILES string of the molecule is Cn1ncnc1NC(=O)NCC1=CCCCC1. The van der Waals surface area contributed by atoms with Gasteiger partial charge in [-0.1, -0.05) is 11.6 Å². The number of allylic oxidation sites excluding steroid dienone is 1. The van der Waals surface area contributed by atoms with Gasteiger partial charge >= 0.3 is 6.03 Å². The summed E-state index contributed by atoms with van der Waals surface area (Å²) in [6.07, 6.45) is 8.31. The molecule has 0 atom stereocenters. The number of nitrogens with one attached hydrogen (secondary N) is 2. The summed E-state index contributed by atoms with van der Waals surface area (Å²) in [6, 6.07) is -0.243. The van der Waals surface area contributed by atoms with E-state index in [1.165, 1.54) is 29.4 Å². The maximum atomic E-state index is 11.6. The van der Waals surface area contributed by atoms with Crippen molar-refractivity contribution in [3.8, 4) is 0 Å². The highest BCUT2D eigenvalue weighted by Gasteiger charge is 2.08. The van der Waals surface area contributed by atoms with Crippen molar-refractivity contribution in [1.82, 2.24) is 20.1 Å². The number of carbonyl (C=O) groups is 1. The van der Waals surface area contributed by atoms with Gasteiger partial charge in [-0.25, -0.2) is 9.48 Å². The van der Waals surface area contributed by atoms with E-state index in [-0.39, 0.29) is 6.03 Å². The van der Waals surface area contributed by atoms with Crippen molar-refractivity contribution in [3.05, 3.63) is 18.0 Å². The molecule has 6 heteroatoms. The summed E-state index contributed by atoms with van der Waals surface area (Å²) < 4.78 is 1.51. The first-order valence-electron chi connectivity index (χ1n) is 5.82. The molecule has 0 unspecified atom stereocenters. The van der Waals surface area contributed by atoms with Crippen molar-refractivity contribution in [3.63, 3.8) is 0 Å². The van der Waals surface area contributed by atoms with Crippen molar-refractivity contribution in [2.45, 2.75) is 25.7 Å². The average Bonchev–Trinajstić information content (AvgIpc) is 2.74. The number of anilines is 1. The molecule has 0 saturated heterocycles. The van der Waals surface area contributed by atoms with E-state index in [9.17, 15) is 4.79 Å². The Kier molecular flexibility index (Phi) is 3.74.